The molecule has 0 aliphatic rings. The minimum absolute atomic E-state index is 0.129. The van der Waals surface area contributed by atoms with Gasteiger partial charge in [-0.2, -0.15) is 0 Å². The fraction of sp³-hybridized carbons (Fsp3) is 0.333. The fourth-order valence-electron chi connectivity index (χ4n) is 2.82. The number of ketones is 1. The van der Waals surface area contributed by atoms with E-state index in [1.807, 2.05) is 37.3 Å². The van der Waals surface area contributed by atoms with Crippen LogP contribution >= 0.6 is 0 Å². The van der Waals surface area contributed by atoms with Crippen LogP contribution in [-0.4, -0.2) is 27.9 Å². The van der Waals surface area contributed by atoms with Crippen molar-refractivity contribution in [2.45, 2.75) is 45.1 Å². The number of carbonyl (C=O) groups excluding carboxylic acids is 2. The Morgan fingerprint density at radius 2 is 1.93 bits per heavy atom. The molecule has 3 rings (SSSR count). The molecule has 1 amide bonds. The molecule has 0 saturated heterocycles. The average molecular weight is 381 g/mol. The second-order valence-corrected chi connectivity index (χ2v) is 6.50. The first-order chi connectivity index (χ1) is 13.7. The summed E-state index contributed by atoms with van der Waals surface area (Å²) in [4.78, 5) is 25.2. The van der Waals surface area contributed by atoms with Crippen molar-refractivity contribution in [1.29, 1.82) is 0 Å². The molecule has 1 N–H and O–H groups in total. The first kappa shape index (κ1) is 19.5. The summed E-state index contributed by atoms with van der Waals surface area (Å²) in [5, 5.41) is 10.5. The summed E-state index contributed by atoms with van der Waals surface area (Å²) < 4.78 is 10.6. The zero-order valence-electron chi connectivity index (χ0n) is 15.8. The molecule has 0 fully saturated rings. The van der Waals surface area contributed by atoms with E-state index in [1.165, 1.54) is 6.26 Å². The Morgan fingerprint density at radius 3 is 2.64 bits per heavy atom. The van der Waals surface area contributed by atoms with E-state index in [1.54, 1.807) is 12.1 Å². The number of aromatic nitrogens is 2. The van der Waals surface area contributed by atoms with E-state index in [2.05, 4.69) is 15.5 Å². The van der Waals surface area contributed by atoms with Crippen molar-refractivity contribution < 1.29 is 18.4 Å². The molecule has 0 spiro atoms. The Balaban J connectivity index is 1.63. The van der Waals surface area contributed by atoms with E-state index >= 15 is 0 Å². The standard InChI is InChI=1S/C21H23N3O4/c1-2-3-10-16(22-18(25)13-12-15-8-5-4-6-9-15)19(26)21-24-23-20(28-21)17-11-7-14-27-17/h4-9,11,14,16H,2-3,10,12-13H2,1H3,(H,22,25)/t16-/m0/s1. The number of carbonyl (C=O) groups is 2. The minimum Gasteiger partial charge on any atom is -0.459 e. The molecule has 1 aromatic carbocycles. The van der Waals surface area contributed by atoms with Crippen molar-refractivity contribution in [3.63, 3.8) is 0 Å². The molecular formula is C21H23N3O4. The highest BCUT2D eigenvalue weighted by molar-refractivity contribution is 5.98. The van der Waals surface area contributed by atoms with Gasteiger partial charge in [0, 0.05) is 6.42 Å². The predicted octanol–water partition coefficient (Wildman–Crippen LogP) is 3.82. The Hall–Kier alpha value is -3.22. The lowest BCUT2D eigenvalue weighted by molar-refractivity contribution is -0.121. The number of furan rings is 1. The molecular weight excluding hydrogens is 358 g/mol. The van der Waals surface area contributed by atoms with Gasteiger partial charge in [0.15, 0.2) is 5.76 Å². The lowest BCUT2D eigenvalue weighted by Crippen LogP contribution is -2.41. The van der Waals surface area contributed by atoms with Gasteiger partial charge in [0.2, 0.25) is 11.7 Å². The smallest absolute Gasteiger partial charge is 0.286 e. The molecule has 0 unspecified atom stereocenters. The minimum atomic E-state index is -0.687. The molecule has 0 aliphatic carbocycles. The van der Waals surface area contributed by atoms with Crippen LogP contribution < -0.4 is 5.32 Å². The third-order valence-electron chi connectivity index (χ3n) is 4.35. The number of benzene rings is 1. The summed E-state index contributed by atoms with van der Waals surface area (Å²) in [6.45, 7) is 2.03. The van der Waals surface area contributed by atoms with Crippen LogP contribution in [0.2, 0.25) is 0 Å². The number of nitrogens with one attached hydrogen (secondary N) is 1. The van der Waals surface area contributed by atoms with Gasteiger partial charge < -0.3 is 14.2 Å². The highest BCUT2D eigenvalue weighted by atomic mass is 16.4. The van der Waals surface area contributed by atoms with Gasteiger partial charge in [-0.05, 0) is 30.5 Å². The van der Waals surface area contributed by atoms with Crippen LogP contribution in [0, 0.1) is 0 Å². The molecule has 3 aromatic rings. The Labute approximate surface area is 163 Å². The van der Waals surface area contributed by atoms with Crippen LogP contribution in [0.15, 0.2) is 57.6 Å². The third-order valence-corrected chi connectivity index (χ3v) is 4.35. The van der Waals surface area contributed by atoms with Crippen LogP contribution in [0.4, 0.5) is 0 Å². The van der Waals surface area contributed by atoms with E-state index < -0.39 is 6.04 Å². The van der Waals surface area contributed by atoms with Gasteiger partial charge in [-0.15, -0.1) is 10.2 Å². The normalized spacial score (nSPS) is 11.9. The zero-order chi connectivity index (χ0) is 19.8. The average Bonchev–Trinajstić information content (AvgIpc) is 3.41. The maximum Gasteiger partial charge on any atom is 0.286 e. The quantitative estimate of drug-likeness (QED) is 0.536. The maximum absolute atomic E-state index is 12.8. The highest BCUT2D eigenvalue weighted by Crippen LogP contribution is 2.19. The Kier molecular flexibility index (Phi) is 6.73. The van der Waals surface area contributed by atoms with Crippen molar-refractivity contribution in [2.75, 3.05) is 0 Å². The van der Waals surface area contributed by atoms with Crippen LogP contribution in [0.5, 0.6) is 0 Å². The predicted molar refractivity (Wildman–Crippen MR) is 103 cm³/mol. The molecule has 1 atom stereocenters. The van der Waals surface area contributed by atoms with E-state index in [4.69, 9.17) is 8.83 Å². The van der Waals surface area contributed by atoms with Gasteiger partial charge in [-0.1, -0.05) is 50.1 Å². The van der Waals surface area contributed by atoms with Crippen LogP contribution in [-0.2, 0) is 11.2 Å². The maximum atomic E-state index is 12.8. The van der Waals surface area contributed by atoms with Crippen molar-refractivity contribution in [3.8, 4) is 11.7 Å². The van der Waals surface area contributed by atoms with E-state index in [9.17, 15) is 9.59 Å². The lowest BCUT2D eigenvalue weighted by atomic mass is 10.0. The molecule has 0 saturated carbocycles. The largest absolute Gasteiger partial charge is 0.459 e. The van der Waals surface area contributed by atoms with Crippen molar-refractivity contribution in [1.82, 2.24) is 15.5 Å². The van der Waals surface area contributed by atoms with Crippen LogP contribution in [0.3, 0.4) is 0 Å². The molecule has 0 bridgehead atoms. The molecule has 2 heterocycles. The number of amides is 1. The van der Waals surface area contributed by atoms with Crippen LogP contribution in [0.25, 0.3) is 11.7 Å². The molecule has 28 heavy (non-hydrogen) atoms. The van der Waals surface area contributed by atoms with Crippen molar-refractivity contribution in [3.05, 3.63) is 60.2 Å². The zero-order valence-corrected chi connectivity index (χ0v) is 15.8. The summed E-state index contributed by atoms with van der Waals surface area (Å²) in [6, 6.07) is 12.4. The number of rotatable bonds is 10. The Bertz CT molecular complexity index is 888. The number of hydrogen-bond acceptors (Lipinski definition) is 6. The summed E-state index contributed by atoms with van der Waals surface area (Å²) >= 11 is 0. The molecule has 7 nitrogen and oxygen atoms in total. The van der Waals surface area contributed by atoms with Gasteiger partial charge >= 0.3 is 0 Å². The van der Waals surface area contributed by atoms with E-state index in [0.717, 1.165) is 18.4 Å². The highest BCUT2D eigenvalue weighted by Gasteiger charge is 2.27. The molecule has 146 valence electrons. The molecule has 2 aromatic heterocycles. The number of unbranched alkanes of at least 4 members (excludes halogenated alkanes) is 1. The molecule has 0 aliphatic heterocycles. The fourth-order valence-corrected chi connectivity index (χ4v) is 2.82. The SMILES string of the molecule is CCCC[C@H](NC(=O)CCc1ccccc1)C(=O)c1nnc(-c2ccco2)o1. The van der Waals surface area contributed by atoms with Gasteiger partial charge in [-0.3, -0.25) is 9.59 Å². The number of nitrogens with zero attached hydrogens (tertiary/aromatic N) is 2. The monoisotopic (exact) mass is 381 g/mol. The second kappa shape index (κ2) is 9.64. The molecule has 0 radical (unpaired) electrons. The third kappa shape index (κ3) is 5.16. The number of Topliss-reactive ketones (excluding diaryl/α,β-unsaturated/α-hetero) is 1. The van der Waals surface area contributed by atoms with Crippen LogP contribution in [0.1, 0.15) is 48.9 Å². The summed E-state index contributed by atoms with van der Waals surface area (Å²) in [6.07, 6.45) is 4.63. The van der Waals surface area contributed by atoms with Crippen molar-refractivity contribution in [2.24, 2.45) is 0 Å². The van der Waals surface area contributed by atoms with Gasteiger partial charge in [0.25, 0.3) is 11.8 Å². The van der Waals surface area contributed by atoms with Gasteiger partial charge in [0.05, 0.1) is 12.3 Å². The Morgan fingerprint density at radius 1 is 1.11 bits per heavy atom. The number of hydrogen-bond donors (Lipinski definition) is 1. The van der Waals surface area contributed by atoms with E-state index in [0.29, 0.717) is 25.0 Å². The van der Waals surface area contributed by atoms with E-state index in [-0.39, 0.29) is 23.5 Å². The number of aryl methyl sites for hydroxylation is 1. The second-order valence-electron chi connectivity index (χ2n) is 6.50. The first-order valence-electron chi connectivity index (χ1n) is 9.42. The van der Waals surface area contributed by atoms with Gasteiger partial charge in [0.1, 0.15) is 0 Å². The lowest BCUT2D eigenvalue weighted by Gasteiger charge is -2.15. The summed E-state index contributed by atoms with van der Waals surface area (Å²) in [5.74, 6) is -0.159. The first-order valence-corrected chi connectivity index (χ1v) is 9.42. The van der Waals surface area contributed by atoms with Gasteiger partial charge in [-0.25, -0.2) is 0 Å². The van der Waals surface area contributed by atoms with Crippen molar-refractivity contribution >= 4 is 11.7 Å². The summed E-state index contributed by atoms with van der Waals surface area (Å²) in [7, 11) is 0. The summed E-state index contributed by atoms with van der Waals surface area (Å²) in [5.41, 5.74) is 1.08. The molecule has 7 heteroatoms. The topological polar surface area (TPSA) is 98.2 Å².